The minimum atomic E-state index is -0.343. The number of nitrogen functional groups attached to an aromatic ring is 1. The highest BCUT2D eigenvalue weighted by Crippen LogP contribution is 2.37. The van der Waals surface area contributed by atoms with Crippen molar-refractivity contribution in [2.75, 3.05) is 29.5 Å². The lowest BCUT2D eigenvalue weighted by molar-refractivity contribution is 0.539. The Morgan fingerprint density at radius 3 is 2.09 bits per heavy atom. The zero-order valence-corrected chi connectivity index (χ0v) is 21.0. The molecule has 0 spiro atoms. The molecule has 0 aromatic carbocycles. The molecule has 11 nitrogen and oxygen atoms in total. The van der Waals surface area contributed by atoms with E-state index < -0.39 is 0 Å². The second-order valence-corrected chi connectivity index (χ2v) is 9.17. The van der Waals surface area contributed by atoms with Crippen LogP contribution in [0.2, 0.25) is 0 Å². The molecule has 0 aliphatic rings. The van der Waals surface area contributed by atoms with Crippen molar-refractivity contribution in [1.29, 1.82) is 0 Å². The smallest absolute Gasteiger partial charge is 0.259 e. The van der Waals surface area contributed by atoms with Crippen molar-refractivity contribution in [3.8, 4) is 5.95 Å². The van der Waals surface area contributed by atoms with Crippen molar-refractivity contribution in [3.63, 3.8) is 0 Å². The van der Waals surface area contributed by atoms with Crippen molar-refractivity contribution in [2.45, 2.75) is 72.6 Å². The Hall–Kier alpha value is -3.50. The highest BCUT2D eigenvalue weighted by Gasteiger charge is 2.28. The van der Waals surface area contributed by atoms with E-state index >= 15 is 0 Å². The van der Waals surface area contributed by atoms with E-state index in [-0.39, 0.29) is 5.41 Å². The van der Waals surface area contributed by atoms with Crippen LogP contribution in [0.5, 0.6) is 0 Å². The number of aromatic nitrogens is 5. The monoisotopic (exact) mass is 468 g/mol. The fourth-order valence-corrected chi connectivity index (χ4v) is 3.13. The third kappa shape index (κ3) is 6.30. The number of nitrogens with zero attached hydrogens (tertiary/aromatic N) is 7. The molecule has 0 saturated carbocycles. The van der Waals surface area contributed by atoms with Gasteiger partial charge in [-0.1, -0.05) is 47.5 Å². The maximum absolute atomic E-state index is 6.52. The first kappa shape index (κ1) is 25.1. The summed E-state index contributed by atoms with van der Waals surface area (Å²) in [6, 6.07) is 3.58. The summed E-state index contributed by atoms with van der Waals surface area (Å²) >= 11 is 0. The van der Waals surface area contributed by atoms with Crippen LogP contribution >= 0.6 is 0 Å². The molecular weight excluding hydrogens is 432 g/mol. The molecule has 4 N–H and O–H groups in total. The van der Waals surface area contributed by atoms with Crippen LogP contribution in [-0.4, -0.2) is 37.8 Å². The van der Waals surface area contributed by atoms with E-state index in [0.717, 1.165) is 44.5 Å². The van der Waals surface area contributed by atoms with Crippen LogP contribution in [0.4, 0.5) is 29.3 Å². The number of nitrogens with one attached hydrogen (secondary N) is 2. The van der Waals surface area contributed by atoms with E-state index in [0.29, 0.717) is 40.9 Å². The number of hydrogen-bond donors (Lipinski definition) is 3. The first-order chi connectivity index (χ1) is 16.2. The molecule has 0 aliphatic carbocycles. The van der Waals surface area contributed by atoms with Gasteiger partial charge in [0.15, 0.2) is 11.5 Å². The third-order valence-corrected chi connectivity index (χ3v) is 5.02. The summed E-state index contributed by atoms with van der Waals surface area (Å²) in [5, 5.41) is 19.9. The third-order valence-electron chi connectivity index (χ3n) is 5.02. The molecule has 11 heteroatoms. The average molecular weight is 469 g/mol. The Morgan fingerprint density at radius 1 is 0.971 bits per heavy atom. The first-order valence-electron chi connectivity index (χ1n) is 11.8. The minimum Gasteiger partial charge on any atom is -0.442 e. The fourth-order valence-electron chi connectivity index (χ4n) is 3.13. The largest absolute Gasteiger partial charge is 0.442 e. The quantitative estimate of drug-likeness (QED) is 0.241. The van der Waals surface area contributed by atoms with Crippen LogP contribution in [0.1, 0.15) is 71.8 Å². The normalized spacial score (nSPS) is 11.9. The van der Waals surface area contributed by atoms with Gasteiger partial charge in [0.2, 0.25) is 17.8 Å². The standard InChI is InChI=1S/C23H36N10O/c1-7-9-13-25-20-27-21(26-14-10-8-2)29-22(28-20)33-19(24)17(18(32-33)23(4,5)6)31-30-16-12-11-15(3)34-16/h11-12H,7-10,13-14,24H2,1-6H3,(H2,25,26,27,28,29). The molecule has 0 saturated heterocycles. The molecular formula is C23H36N10O. The first-order valence-corrected chi connectivity index (χ1v) is 11.8. The second-order valence-electron chi connectivity index (χ2n) is 9.17. The summed E-state index contributed by atoms with van der Waals surface area (Å²) in [6.45, 7) is 13.8. The number of azo groups is 1. The molecule has 184 valence electrons. The van der Waals surface area contributed by atoms with E-state index in [4.69, 9.17) is 15.2 Å². The summed E-state index contributed by atoms with van der Waals surface area (Å²) in [5.41, 5.74) is 7.32. The van der Waals surface area contributed by atoms with Crippen molar-refractivity contribution in [3.05, 3.63) is 23.6 Å². The minimum absolute atomic E-state index is 0.294. The van der Waals surface area contributed by atoms with Gasteiger partial charge in [-0.3, -0.25) is 0 Å². The number of unbranched alkanes of at least 4 members (excludes halogenated alkanes) is 2. The van der Waals surface area contributed by atoms with Gasteiger partial charge in [-0.25, -0.2) is 0 Å². The number of nitrogens with two attached hydrogens (primary N) is 1. The van der Waals surface area contributed by atoms with Crippen LogP contribution in [0, 0.1) is 6.92 Å². The summed E-state index contributed by atoms with van der Waals surface area (Å²) < 4.78 is 7.01. The summed E-state index contributed by atoms with van der Waals surface area (Å²) in [7, 11) is 0. The van der Waals surface area contributed by atoms with Crippen molar-refractivity contribution >= 4 is 29.3 Å². The number of anilines is 3. The molecule has 0 unspecified atom stereocenters. The highest BCUT2D eigenvalue weighted by molar-refractivity contribution is 5.65. The number of hydrogen-bond acceptors (Lipinski definition) is 10. The lowest BCUT2D eigenvalue weighted by Crippen LogP contribution is -2.16. The van der Waals surface area contributed by atoms with Gasteiger partial charge in [0.25, 0.3) is 5.95 Å². The Morgan fingerprint density at radius 2 is 1.59 bits per heavy atom. The van der Waals surface area contributed by atoms with Gasteiger partial charge in [0, 0.05) is 24.6 Å². The molecule has 0 aliphatic heterocycles. The van der Waals surface area contributed by atoms with E-state index in [9.17, 15) is 0 Å². The van der Waals surface area contributed by atoms with Crippen LogP contribution in [0.15, 0.2) is 26.8 Å². The van der Waals surface area contributed by atoms with Gasteiger partial charge < -0.3 is 20.8 Å². The molecule has 0 atom stereocenters. The van der Waals surface area contributed by atoms with Gasteiger partial charge in [-0.15, -0.1) is 10.2 Å². The van der Waals surface area contributed by atoms with Crippen LogP contribution in [-0.2, 0) is 5.41 Å². The zero-order chi connectivity index (χ0) is 24.7. The van der Waals surface area contributed by atoms with E-state index in [1.807, 2.05) is 33.8 Å². The van der Waals surface area contributed by atoms with Gasteiger partial charge in [0.05, 0.1) is 5.69 Å². The summed E-state index contributed by atoms with van der Waals surface area (Å²) in [5.74, 6) is 2.70. The Balaban J connectivity index is 2.04. The fraction of sp³-hybridized carbons (Fsp3) is 0.565. The number of aryl methyl sites for hydroxylation is 1. The van der Waals surface area contributed by atoms with Crippen LogP contribution in [0.3, 0.4) is 0 Å². The molecule has 3 heterocycles. The zero-order valence-electron chi connectivity index (χ0n) is 21.0. The molecule has 0 fully saturated rings. The Bertz CT molecular complexity index is 1080. The Labute approximate surface area is 200 Å². The Kier molecular flexibility index (Phi) is 8.19. The van der Waals surface area contributed by atoms with Crippen LogP contribution in [0.25, 0.3) is 5.95 Å². The lowest BCUT2D eigenvalue weighted by Gasteiger charge is -2.15. The number of rotatable bonds is 11. The predicted octanol–water partition coefficient (Wildman–Crippen LogP) is 5.68. The highest BCUT2D eigenvalue weighted by atomic mass is 16.4. The molecule has 0 radical (unpaired) electrons. The van der Waals surface area contributed by atoms with Crippen LogP contribution < -0.4 is 16.4 Å². The van der Waals surface area contributed by atoms with E-state index in [1.54, 1.807) is 6.07 Å². The molecule has 3 aromatic heterocycles. The molecule has 34 heavy (non-hydrogen) atoms. The molecule has 3 aromatic rings. The van der Waals surface area contributed by atoms with Crippen molar-refractivity contribution in [1.82, 2.24) is 24.7 Å². The second kappa shape index (κ2) is 11.1. The molecule has 0 bridgehead atoms. The van der Waals surface area contributed by atoms with Gasteiger partial charge >= 0.3 is 0 Å². The van der Waals surface area contributed by atoms with E-state index in [1.165, 1.54) is 4.68 Å². The number of furan rings is 1. The summed E-state index contributed by atoms with van der Waals surface area (Å²) in [6.07, 6.45) is 4.15. The maximum atomic E-state index is 6.52. The average Bonchev–Trinajstić information content (AvgIpc) is 3.35. The topological polar surface area (TPSA) is 144 Å². The van der Waals surface area contributed by atoms with Crippen molar-refractivity contribution in [2.24, 2.45) is 10.2 Å². The van der Waals surface area contributed by atoms with Gasteiger partial charge in [-0.05, 0) is 25.8 Å². The van der Waals surface area contributed by atoms with Gasteiger partial charge in [0.1, 0.15) is 5.76 Å². The molecule has 0 amide bonds. The van der Waals surface area contributed by atoms with Gasteiger partial charge in [-0.2, -0.15) is 24.7 Å². The summed E-state index contributed by atoms with van der Waals surface area (Å²) in [4.78, 5) is 13.7. The SMILES string of the molecule is CCCCNc1nc(NCCCC)nc(-n2nc(C(C)(C)C)c(N=Nc3ccc(C)o3)c2N)n1. The predicted molar refractivity (Wildman–Crippen MR) is 134 cm³/mol. The van der Waals surface area contributed by atoms with E-state index in [2.05, 4.69) is 49.7 Å². The van der Waals surface area contributed by atoms with Crippen molar-refractivity contribution < 1.29 is 4.42 Å². The lowest BCUT2D eigenvalue weighted by atomic mass is 9.91. The maximum Gasteiger partial charge on any atom is 0.259 e. The molecule has 3 rings (SSSR count).